The van der Waals surface area contributed by atoms with E-state index in [9.17, 15) is 14.4 Å². The smallest absolute Gasteiger partial charge is 0.325 e. The van der Waals surface area contributed by atoms with E-state index in [1.807, 2.05) is 0 Å². The molecular weight excluding hydrogens is 252 g/mol. The number of ether oxygens (including phenoxy) is 1. The molecule has 1 fully saturated rings. The Kier molecular flexibility index (Phi) is 5.14. The SMILES string of the molecule is CCOC(=O)CN(C)C(=O)NC1(CC(=O)O)CCC1. The molecule has 1 aliphatic carbocycles. The van der Waals surface area contributed by atoms with Crippen molar-refractivity contribution in [2.24, 2.45) is 0 Å². The van der Waals surface area contributed by atoms with E-state index in [1.54, 1.807) is 6.92 Å². The maximum atomic E-state index is 11.9. The summed E-state index contributed by atoms with van der Waals surface area (Å²) >= 11 is 0. The van der Waals surface area contributed by atoms with Crippen LogP contribution in [0.5, 0.6) is 0 Å². The van der Waals surface area contributed by atoms with Crippen LogP contribution in [0.25, 0.3) is 0 Å². The van der Waals surface area contributed by atoms with Crippen molar-refractivity contribution in [1.82, 2.24) is 10.2 Å². The highest BCUT2D eigenvalue weighted by Gasteiger charge is 2.41. The van der Waals surface area contributed by atoms with E-state index in [1.165, 1.54) is 11.9 Å². The molecule has 7 nitrogen and oxygen atoms in total. The number of carbonyl (C=O) groups excluding carboxylic acids is 2. The second kappa shape index (κ2) is 6.40. The van der Waals surface area contributed by atoms with Crippen molar-refractivity contribution in [3.63, 3.8) is 0 Å². The summed E-state index contributed by atoms with van der Waals surface area (Å²) in [6.07, 6.45) is 2.11. The lowest BCUT2D eigenvalue weighted by Crippen LogP contribution is -2.57. The van der Waals surface area contributed by atoms with E-state index in [-0.39, 0.29) is 19.6 Å². The summed E-state index contributed by atoms with van der Waals surface area (Å²) in [5, 5.41) is 11.5. The molecular formula is C12H20N2O5. The lowest BCUT2D eigenvalue weighted by molar-refractivity contribution is -0.144. The number of carbonyl (C=O) groups is 3. The van der Waals surface area contributed by atoms with Gasteiger partial charge in [0, 0.05) is 7.05 Å². The number of carboxylic acids is 1. The molecule has 1 aliphatic rings. The first kappa shape index (κ1) is 15.3. The number of rotatable bonds is 6. The van der Waals surface area contributed by atoms with Gasteiger partial charge in [-0.05, 0) is 26.2 Å². The molecule has 0 atom stereocenters. The van der Waals surface area contributed by atoms with Gasteiger partial charge in [-0.1, -0.05) is 0 Å². The molecule has 0 heterocycles. The summed E-state index contributed by atoms with van der Waals surface area (Å²) in [4.78, 5) is 35.1. The highest BCUT2D eigenvalue weighted by atomic mass is 16.5. The van der Waals surface area contributed by atoms with Crippen molar-refractivity contribution < 1.29 is 24.2 Å². The van der Waals surface area contributed by atoms with Gasteiger partial charge in [0.1, 0.15) is 6.54 Å². The largest absolute Gasteiger partial charge is 0.481 e. The first-order chi connectivity index (χ1) is 8.88. The van der Waals surface area contributed by atoms with Crippen LogP contribution in [0.2, 0.25) is 0 Å². The van der Waals surface area contributed by atoms with Crippen molar-refractivity contribution >= 4 is 18.0 Å². The monoisotopic (exact) mass is 272 g/mol. The summed E-state index contributed by atoms with van der Waals surface area (Å²) in [5.41, 5.74) is -0.661. The average molecular weight is 272 g/mol. The van der Waals surface area contributed by atoms with E-state index in [2.05, 4.69) is 5.32 Å². The number of nitrogens with zero attached hydrogens (tertiary/aromatic N) is 1. The number of urea groups is 1. The van der Waals surface area contributed by atoms with Crippen molar-refractivity contribution in [3.8, 4) is 0 Å². The predicted molar refractivity (Wildman–Crippen MR) is 66.6 cm³/mol. The van der Waals surface area contributed by atoms with Crippen LogP contribution in [0.1, 0.15) is 32.6 Å². The fourth-order valence-corrected chi connectivity index (χ4v) is 2.03. The molecule has 0 spiro atoms. The Bertz CT molecular complexity index is 365. The van der Waals surface area contributed by atoms with E-state index in [4.69, 9.17) is 9.84 Å². The van der Waals surface area contributed by atoms with Gasteiger partial charge in [-0.15, -0.1) is 0 Å². The molecule has 0 unspecified atom stereocenters. The Labute approximate surface area is 111 Å². The third-order valence-electron chi connectivity index (χ3n) is 3.19. The predicted octanol–water partition coefficient (Wildman–Crippen LogP) is 0.588. The fraction of sp³-hybridized carbons (Fsp3) is 0.750. The van der Waals surface area contributed by atoms with Crippen LogP contribution >= 0.6 is 0 Å². The standard InChI is InChI=1S/C12H20N2O5/c1-3-19-10(17)8-14(2)11(18)13-12(5-4-6-12)7-9(15)16/h3-8H2,1-2H3,(H,13,18)(H,15,16). The minimum atomic E-state index is -0.937. The van der Waals surface area contributed by atoms with Gasteiger partial charge in [-0.2, -0.15) is 0 Å². The van der Waals surface area contributed by atoms with Gasteiger partial charge in [0.25, 0.3) is 0 Å². The minimum absolute atomic E-state index is 0.0913. The molecule has 7 heteroatoms. The van der Waals surface area contributed by atoms with Crippen LogP contribution < -0.4 is 5.32 Å². The number of aliphatic carboxylic acids is 1. The fourth-order valence-electron chi connectivity index (χ4n) is 2.03. The number of carboxylic acid groups (broad SMARTS) is 1. The third kappa shape index (κ3) is 4.42. The van der Waals surface area contributed by atoms with Crippen LogP contribution in [-0.2, 0) is 14.3 Å². The van der Waals surface area contributed by atoms with Crippen molar-refractivity contribution in [2.45, 2.75) is 38.1 Å². The maximum Gasteiger partial charge on any atom is 0.325 e. The quantitative estimate of drug-likeness (QED) is 0.690. The molecule has 0 aromatic rings. The lowest BCUT2D eigenvalue weighted by atomic mass is 9.74. The second-order valence-electron chi connectivity index (χ2n) is 4.80. The number of nitrogens with one attached hydrogen (secondary N) is 1. The van der Waals surface area contributed by atoms with Crippen LogP contribution in [-0.4, -0.2) is 53.7 Å². The Balaban J connectivity index is 2.48. The van der Waals surface area contributed by atoms with Gasteiger partial charge in [0.05, 0.1) is 18.6 Å². The van der Waals surface area contributed by atoms with Crippen molar-refractivity contribution in [1.29, 1.82) is 0 Å². The zero-order chi connectivity index (χ0) is 14.5. The van der Waals surface area contributed by atoms with Gasteiger partial charge < -0.3 is 20.1 Å². The number of hydrogen-bond donors (Lipinski definition) is 2. The van der Waals surface area contributed by atoms with Crippen molar-refractivity contribution in [3.05, 3.63) is 0 Å². The Morgan fingerprint density at radius 3 is 2.42 bits per heavy atom. The topological polar surface area (TPSA) is 95.9 Å². The molecule has 0 aromatic heterocycles. The first-order valence-electron chi connectivity index (χ1n) is 6.29. The lowest BCUT2D eigenvalue weighted by Gasteiger charge is -2.42. The van der Waals surface area contributed by atoms with E-state index in [0.29, 0.717) is 12.8 Å². The van der Waals surface area contributed by atoms with Crippen LogP contribution in [0.4, 0.5) is 4.79 Å². The van der Waals surface area contributed by atoms with Crippen LogP contribution in [0.3, 0.4) is 0 Å². The number of esters is 1. The molecule has 1 saturated carbocycles. The maximum absolute atomic E-state index is 11.9. The van der Waals surface area contributed by atoms with Gasteiger partial charge in [-0.3, -0.25) is 9.59 Å². The Morgan fingerprint density at radius 2 is 2.00 bits per heavy atom. The normalized spacial score (nSPS) is 16.1. The average Bonchev–Trinajstić information content (AvgIpc) is 2.25. The third-order valence-corrected chi connectivity index (χ3v) is 3.19. The minimum Gasteiger partial charge on any atom is -0.481 e. The highest BCUT2D eigenvalue weighted by molar-refractivity contribution is 5.82. The van der Waals surface area contributed by atoms with E-state index in [0.717, 1.165) is 6.42 Å². The van der Waals surface area contributed by atoms with Gasteiger partial charge in [0.15, 0.2) is 0 Å². The zero-order valence-electron chi connectivity index (χ0n) is 11.3. The molecule has 108 valence electrons. The van der Waals surface area contributed by atoms with E-state index < -0.39 is 23.5 Å². The molecule has 19 heavy (non-hydrogen) atoms. The summed E-state index contributed by atoms with van der Waals surface area (Å²) in [5.74, 6) is -1.42. The van der Waals surface area contributed by atoms with E-state index >= 15 is 0 Å². The number of amides is 2. The first-order valence-corrected chi connectivity index (χ1v) is 6.29. The van der Waals surface area contributed by atoms with Gasteiger partial charge in [-0.25, -0.2) is 4.79 Å². The van der Waals surface area contributed by atoms with Crippen LogP contribution in [0.15, 0.2) is 0 Å². The summed E-state index contributed by atoms with van der Waals surface area (Å²) < 4.78 is 4.74. The van der Waals surface area contributed by atoms with Crippen LogP contribution in [0, 0.1) is 0 Å². The Morgan fingerprint density at radius 1 is 1.37 bits per heavy atom. The molecule has 0 aromatic carbocycles. The number of likely N-dealkylation sites (N-methyl/N-ethyl adjacent to an activating group) is 1. The highest BCUT2D eigenvalue weighted by Crippen LogP contribution is 2.35. The summed E-state index contributed by atoms with van der Waals surface area (Å²) in [6.45, 7) is 1.80. The Hall–Kier alpha value is -1.79. The number of hydrogen-bond acceptors (Lipinski definition) is 4. The molecule has 0 radical (unpaired) electrons. The molecule has 0 saturated heterocycles. The summed E-state index contributed by atoms with van der Waals surface area (Å²) in [7, 11) is 1.47. The molecule has 0 aliphatic heterocycles. The van der Waals surface area contributed by atoms with Gasteiger partial charge in [0.2, 0.25) is 0 Å². The molecule has 0 bridgehead atoms. The second-order valence-corrected chi connectivity index (χ2v) is 4.80. The van der Waals surface area contributed by atoms with Gasteiger partial charge >= 0.3 is 18.0 Å². The molecule has 1 rings (SSSR count). The summed E-state index contributed by atoms with van der Waals surface area (Å²) in [6, 6.07) is -0.450. The van der Waals surface area contributed by atoms with Crippen molar-refractivity contribution in [2.75, 3.05) is 20.2 Å². The molecule has 2 N–H and O–H groups in total. The zero-order valence-corrected chi connectivity index (χ0v) is 11.3. The molecule has 2 amide bonds.